The summed E-state index contributed by atoms with van der Waals surface area (Å²) in [5.74, 6) is 0. The zero-order chi connectivity index (χ0) is 15.4. The molecule has 0 spiro atoms. The molecule has 0 heterocycles. The van der Waals surface area contributed by atoms with Crippen LogP contribution in [0.1, 0.15) is 103 Å². The van der Waals surface area contributed by atoms with Gasteiger partial charge in [0.1, 0.15) is 0 Å². The van der Waals surface area contributed by atoms with Gasteiger partial charge in [-0.15, -0.1) is 0 Å². The molecule has 0 saturated carbocycles. The van der Waals surface area contributed by atoms with Gasteiger partial charge in [0, 0.05) is 6.54 Å². The van der Waals surface area contributed by atoms with Crippen LogP contribution in [0.4, 0.5) is 0 Å². The fourth-order valence-electron chi connectivity index (χ4n) is 2.74. The summed E-state index contributed by atoms with van der Waals surface area (Å²) in [6.45, 7) is 4.39. The molecule has 0 aliphatic carbocycles. The molecule has 0 bridgehead atoms. The molecule has 0 aromatic heterocycles. The summed E-state index contributed by atoms with van der Waals surface area (Å²) in [6, 6.07) is 0. The highest BCUT2D eigenvalue weighted by molar-refractivity contribution is 5.52. The average Bonchev–Trinajstić information content (AvgIpc) is 2.50. The number of hydrogen-bond donors (Lipinski definition) is 2. The van der Waals surface area contributed by atoms with Gasteiger partial charge >= 0.3 is 0 Å². The minimum absolute atomic E-state index is 0.874. The van der Waals surface area contributed by atoms with E-state index in [-0.39, 0.29) is 0 Å². The van der Waals surface area contributed by atoms with Crippen LogP contribution in [0.3, 0.4) is 0 Å². The first-order valence-electron chi connectivity index (χ1n) is 9.61. The molecule has 0 aromatic carbocycles. The Hall–Kier alpha value is -0.370. The van der Waals surface area contributed by atoms with E-state index < -0.39 is 0 Å². The Morgan fingerprint density at radius 2 is 1.05 bits per heavy atom. The van der Waals surface area contributed by atoms with E-state index in [1.54, 1.807) is 0 Å². The van der Waals surface area contributed by atoms with E-state index in [4.69, 9.17) is 5.41 Å². The van der Waals surface area contributed by atoms with Crippen LogP contribution in [-0.2, 0) is 0 Å². The van der Waals surface area contributed by atoms with Crippen molar-refractivity contribution in [2.75, 3.05) is 13.1 Å². The third-order valence-electron chi connectivity index (χ3n) is 4.17. The molecule has 0 amide bonds. The van der Waals surface area contributed by atoms with E-state index in [0.29, 0.717) is 0 Å². The van der Waals surface area contributed by atoms with Crippen molar-refractivity contribution < 1.29 is 0 Å². The van der Waals surface area contributed by atoms with Crippen molar-refractivity contribution in [2.45, 2.75) is 103 Å². The maximum absolute atomic E-state index is 6.93. The molecule has 2 N–H and O–H groups in total. The van der Waals surface area contributed by atoms with Crippen LogP contribution in [0.25, 0.3) is 0 Å². The third kappa shape index (κ3) is 19.6. The first-order valence-corrected chi connectivity index (χ1v) is 9.61. The van der Waals surface area contributed by atoms with Crippen molar-refractivity contribution in [2.24, 2.45) is 0 Å². The summed E-state index contributed by atoms with van der Waals surface area (Å²) >= 11 is 0. The van der Waals surface area contributed by atoms with Gasteiger partial charge in [0.05, 0.1) is 0 Å². The SMILES string of the molecule is CCCCCCCCCCCCCCCCNCCC=N. The summed E-state index contributed by atoms with van der Waals surface area (Å²) in [7, 11) is 0. The summed E-state index contributed by atoms with van der Waals surface area (Å²) in [5.41, 5.74) is 0. The Kier molecular flexibility index (Phi) is 19.3. The van der Waals surface area contributed by atoms with Crippen molar-refractivity contribution in [3.8, 4) is 0 Å². The second-order valence-electron chi connectivity index (χ2n) is 6.34. The van der Waals surface area contributed by atoms with Gasteiger partial charge < -0.3 is 10.7 Å². The molecular formula is C19H40N2. The monoisotopic (exact) mass is 296 g/mol. The van der Waals surface area contributed by atoms with Gasteiger partial charge in [0.25, 0.3) is 0 Å². The molecule has 2 nitrogen and oxygen atoms in total. The highest BCUT2D eigenvalue weighted by Crippen LogP contribution is 2.12. The lowest BCUT2D eigenvalue weighted by Gasteiger charge is -2.04. The van der Waals surface area contributed by atoms with E-state index >= 15 is 0 Å². The molecule has 0 aliphatic rings. The highest BCUT2D eigenvalue weighted by atomic mass is 14.8. The van der Waals surface area contributed by atoms with Crippen molar-refractivity contribution >= 4 is 6.21 Å². The lowest BCUT2D eigenvalue weighted by Crippen LogP contribution is -2.16. The summed E-state index contributed by atoms with van der Waals surface area (Å²) in [5, 5.41) is 10.3. The van der Waals surface area contributed by atoms with Crippen LogP contribution in [-0.4, -0.2) is 19.3 Å². The van der Waals surface area contributed by atoms with Gasteiger partial charge in [-0.1, -0.05) is 90.4 Å². The van der Waals surface area contributed by atoms with E-state index in [1.165, 1.54) is 96.1 Å². The number of rotatable bonds is 18. The molecule has 21 heavy (non-hydrogen) atoms. The van der Waals surface area contributed by atoms with Gasteiger partial charge in [-0.25, -0.2) is 0 Å². The highest BCUT2D eigenvalue weighted by Gasteiger charge is 1.94. The predicted molar refractivity (Wildman–Crippen MR) is 96.6 cm³/mol. The van der Waals surface area contributed by atoms with Crippen LogP contribution in [0.15, 0.2) is 0 Å². The van der Waals surface area contributed by atoms with Gasteiger partial charge in [-0.2, -0.15) is 0 Å². The van der Waals surface area contributed by atoms with Crippen LogP contribution < -0.4 is 5.32 Å². The number of hydrogen-bond acceptors (Lipinski definition) is 2. The summed E-state index contributed by atoms with van der Waals surface area (Å²) in [6.07, 6.45) is 22.3. The van der Waals surface area contributed by atoms with Crippen LogP contribution in [0.5, 0.6) is 0 Å². The van der Waals surface area contributed by atoms with Gasteiger partial charge in [0.15, 0.2) is 0 Å². The molecule has 2 heteroatoms. The van der Waals surface area contributed by atoms with E-state index in [9.17, 15) is 0 Å². The second-order valence-corrected chi connectivity index (χ2v) is 6.34. The second kappa shape index (κ2) is 19.6. The van der Waals surface area contributed by atoms with Crippen LogP contribution >= 0.6 is 0 Å². The zero-order valence-electron chi connectivity index (χ0n) is 14.6. The maximum Gasteiger partial charge on any atom is 0.0000489 e. The standard InChI is InChI=1S/C19H40N2/c1-2-3-4-5-6-7-8-9-10-11-12-13-14-15-18-21-19-16-17-20/h17,20-21H,2-16,18-19H2,1H3. The molecule has 0 rings (SSSR count). The maximum atomic E-state index is 6.93. The Morgan fingerprint density at radius 1 is 0.619 bits per heavy atom. The van der Waals surface area contributed by atoms with Crippen LogP contribution in [0, 0.1) is 5.41 Å². The van der Waals surface area contributed by atoms with Gasteiger partial charge in [-0.3, -0.25) is 0 Å². The molecule has 0 aliphatic heterocycles. The Labute approximate surface area is 134 Å². The minimum Gasteiger partial charge on any atom is -0.316 e. The Bertz CT molecular complexity index is 192. The summed E-state index contributed by atoms with van der Waals surface area (Å²) < 4.78 is 0. The topological polar surface area (TPSA) is 35.9 Å². The smallest absolute Gasteiger partial charge is 0.0000489 e. The first-order chi connectivity index (χ1) is 10.4. The fraction of sp³-hybridized carbons (Fsp3) is 0.947. The van der Waals surface area contributed by atoms with E-state index in [0.717, 1.165) is 19.5 Å². The van der Waals surface area contributed by atoms with Crippen molar-refractivity contribution in [1.29, 1.82) is 5.41 Å². The molecule has 0 saturated heterocycles. The van der Waals surface area contributed by atoms with Crippen molar-refractivity contribution in [1.82, 2.24) is 5.32 Å². The van der Waals surface area contributed by atoms with E-state index in [2.05, 4.69) is 12.2 Å². The van der Waals surface area contributed by atoms with Crippen molar-refractivity contribution in [3.05, 3.63) is 0 Å². The molecular weight excluding hydrogens is 256 g/mol. The Balaban J connectivity index is 2.91. The first kappa shape index (κ1) is 20.6. The quantitative estimate of drug-likeness (QED) is 0.233. The average molecular weight is 297 g/mol. The predicted octanol–water partition coefficient (Wildman–Crippen LogP) is 6.10. The number of unbranched alkanes of at least 4 members (excludes halogenated alkanes) is 13. The molecule has 0 aromatic rings. The van der Waals surface area contributed by atoms with Crippen molar-refractivity contribution in [3.63, 3.8) is 0 Å². The lowest BCUT2D eigenvalue weighted by molar-refractivity contribution is 0.530. The summed E-state index contributed by atoms with van der Waals surface area (Å²) in [4.78, 5) is 0. The third-order valence-corrected chi connectivity index (χ3v) is 4.17. The largest absolute Gasteiger partial charge is 0.316 e. The van der Waals surface area contributed by atoms with Gasteiger partial charge in [-0.05, 0) is 25.6 Å². The fourth-order valence-corrected chi connectivity index (χ4v) is 2.74. The zero-order valence-corrected chi connectivity index (χ0v) is 14.6. The molecule has 126 valence electrons. The number of nitrogens with one attached hydrogen (secondary N) is 2. The molecule has 0 fully saturated rings. The lowest BCUT2D eigenvalue weighted by atomic mass is 10.0. The van der Waals surface area contributed by atoms with Gasteiger partial charge in [0.2, 0.25) is 0 Å². The normalized spacial score (nSPS) is 10.9. The molecule has 0 radical (unpaired) electrons. The van der Waals surface area contributed by atoms with E-state index in [1.807, 2.05) is 0 Å². The van der Waals surface area contributed by atoms with Crippen LogP contribution in [0.2, 0.25) is 0 Å². The molecule has 0 unspecified atom stereocenters. The minimum atomic E-state index is 0.874. The molecule has 0 atom stereocenters. The Morgan fingerprint density at radius 3 is 1.48 bits per heavy atom.